The molecule has 2 heterocycles. The van der Waals surface area contributed by atoms with Crippen molar-refractivity contribution >= 4 is 29.2 Å². The van der Waals surface area contributed by atoms with Gasteiger partial charge in [0, 0.05) is 18.1 Å². The van der Waals surface area contributed by atoms with E-state index in [-0.39, 0.29) is 18.0 Å². The first-order valence-electron chi connectivity index (χ1n) is 7.43. The van der Waals surface area contributed by atoms with E-state index in [1.54, 1.807) is 10.9 Å². The molecule has 0 fully saturated rings. The molecule has 0 saturated carbocycles. The van der Waals surface area contributed by atoms with Crippen LogP contribution in [-0.4, -0.2) is 22.2 Å². The number of amides is 1. The molecule has 5 nitrogen and oxygen atoms in total. The highest BCUT2D eigenvalue weighted by Crippen LogP contribution is 2.23. The zero-order valence-electron chi connectivity index (χ0n) is 12.8. The second-order valence-corrected chi connectivity index (χ2v) is 5.71. The molecule has 0 saturated heterocycles. The van der Waals surface area contributed by atoms with Crippen LogP contribution in [0.25, 0.3) is 16.6 Å². The van der Waals surface area contributed by atoms with Gasteiger partial charge in [-0.15, -0.1) is 12.4 Å². The van der Waals surface area contributed by atoms with Crippen molar-refractivity contribution in [3.8, 4) is 5.69 Å². The summed E-state index contributed by atoms with van der Waals surface area (Å²) in [6.07, 6.45) is 2.68. The van der Waals surface area contributed by atoms with E-state index in [4.69, 9.17) is 5.73 Å². The normalized spacial score (nSPS) is 13.4. The lowest BCUT2D eigenvalue weighted by atomic mass is 10.0. The van der Waals surface area contributed by atoms with Crippen LogP contribution in [0.1, 0.15) is 21.5 Å². The smallest absolute Gasteiger partial charge is 0.251 e. The second-order valence-electron chi connectivity index (χ2n) is 5.71. The SMILES string of the molecule is Cl.NC(=O)c1cc(F)cc2cn(-c3ccc4c(c3)CCNC4)nc12. The van der Waals surface area contributed by atoms with Gasteiger partial charge in [0.1, 0.15) is 11.3 Å². The van der Waals surface area contributed by atoms with Gasteiger partial charge in [0.25, 0.3) is 5.91 Å². The number of nitrogens with one attached hydrogen (secondary N) is 1. The largest absolute Gasteiger partial charge is 0.366 e. The molecular formula is C17H16ClFN4O. The predicted molar refractivity (Wildman–Crippen MR) is 92.2 cm³/mol. The third kappa shape index (κ3) is 2.74. The van der Waals surface area contributed by atoms with Crippen molar-refractivity contribution in [2.45, 2.75) is 13.0 Å². The summed E-state index contributed by atoms with van der Waals surface area (Å²) in [6, 6.07) is 8.60. The summed E-state index contributed by atoms with van der Waals surface area (Å²) >= 11 is 0. The summed E-state index contributed by atoms with van der Waals surface area (Å²) in [5.74, 6) is -1.18. The molecule has 0 aliphatic carbocycles. The van der Waals surface area contributed by atoms with Crippen LogP contribution in [0.5, 0.6) is 0 Å². The van der Waals surface area contributed by atoms with Crippen molar-refractivity contribution in [1.29, 1.82) is 0 Å². The Labute approximate surface area is 144 Å². The number of aromatic nitrogens is 2. The Bertz CT molecular complexity index is 938. The molecule has 7 heteroatoms. The average molecular weight is 347 g/mol. The number of nitrogens with zero attached hydrogens (tertiary/aromatic N) is 2. The highest BCUT2D eigenvalue weighted by molar-refractivity contribution is 6.04. The lowest BCUT2D eigenvalue weighted by Gasteiger charge is -2.17. The standard InChI is InChI=1S/C17H15FN4O.ClH/c18-13-5-12-9-22(21-16(12)15(7-13)17(19)23)14-2-1-11-8-20-4-3-10(11)6-14;/h1-2,5-7,9,20H,3-4,8H2,(H2,19,23);1H. The number of carbonyl (C=O) groups is 1. The Balaban J connectivity index is 0.00000169. The average Bonchev–Trinajstić information content (AvgIpc) is 2.97. The summed E-state index contributed by atoms with van der Waals surface area (Å²) in [5.41, 5.74) is 9.28. The minimum atomic E-state index is -0.684. The minimum absolute atomic E-state index is 0. The monoisotopic (exact) mass is 346 g/mol. The highest BCUT2D eigenvalue weighted by Gasteiger charge is 2.15. The maximum atomic E-state index is 13.6. The number of rotatable bonds is 2. The van der Waals surface area contributed by atoms with Crippen LogP contribution >= 0.6 is 12.4 Å². The van der Waals surface area contributed by atoms with Crippen molar-refractivity contribution in [3.63, 3.8) is 0 Å². The first-order chi connectivity index (χ1) is 11.1. The van der Waals surface area contributed by atoms with Gasteiger partial charge in [-0.2, -0.15) is 5.10 Å². The Morgan fingerprint density at radius 1 is 1.25 bits per heavy atom. The molecule has 1 aliphatic heterocycles. The van der Waals surface area contributed by atoms with Crippen molar-refractivity contribution in [1.82, 2.24) is 15.1 Å². The molecule has 3 N–H and O–H groups in total. The van der Waals surface area contributed by atoms with Gasteiger partial charge >= 0.3 is 0 Å². The molecule has 0 radical (unpaired) electrons. The molecule has 3 aromatic rings. The Morgan fingerprint density at radius 2 is 2.08 bits per heavy atom. The number of hydrogen-bond donors (Lipinski definition) is 2. The van der Waals surface area contributed by atoms with Crippen LogP contribution in [0.4, 0.5) is 4.39 Å². The fraction of sp³-hybridized carbons (Fsp3) is 0.176. The van der Waals surface area contributed by atoms with Gasteiger partial charge in [0.05, 0.1) is 11.3 Å². The summed E-state index contributed by atoms with van der Waals surface area (Å²) in [4.78, 5) is 11.5. The van der Waals surface area contributed by atoms with E-state index in [0.29, 0.717) is 10.9 Å². The van der Waals surface area contributed by atoms with E-state index < -0.39 is 11.7 Å². The lowest BCUT2D eigenvalue weighted by Crippen LogP contribution is -2.23. The summed E-state index contributed by atoms with van der Waals surface area (Å²) < 4.78 is 15.3. The van der Waals surface area contributed by atoms with Crippen LogP contribution in [0.3, 0.4) is 0 Å². The van der Waals surface area contributed by atoms with Crippen molar-refractivity contribution < 1.29 is 9.18 Å². The number of nitrogens with two attached hydrogens (primary N) is 1. The van der Waals surface area contributed by atoms with Gasteiger partial charge in [-0.3, -0.25) is 4.79 Å². The molecule has 1 amide bonds. The van der Waals surface area contributed by atoms with E-state index in [0.717, 1.165) is 31.3 Å². The maximum Gasteiger partial charge on any atom is 0.251 e. The highest BCUT2D eigenvalue weighted by atomic mass is 35.5. The molecule has 0 atom stereocenters. The van der Waals surface area contributed by atoms with Crippen LogP contribution < -0.4 is 11.1 Å². The molecule has 1 aliphatic rings. The third-order valence-corrected chi connectivity index (χ3v) is 4.18. The molecule has 0 unspecified atom stereocenters. The topological polar surface area (TPSA) is 72.9 Å². The van der Waals surface area contributed by atoms with E-state index in [1.807, 2.05) is 6.07 Å². The fourth-order valence-electron chi connectivity index (χ4n) is 3.02. The zero-order chi connectivity index (χ0) is 16.0. The number of benzene rings is 2. The molecular weight excluding hydrogens is 331 g/mol. The zero-order valence-corrected chi connectivity index (χ0v) is 13.6. The van der Waals surface area contributed by atoms with Gasteiger partial charge < -0.3 is 11.1 Å². The van der Waals surface area contributed by atoms with Crippen molar-refractivity contribution in [2.24, 2.45) is 5.73 Å². The molecule has 2 aromatic carbocycles. The molecule has 0 bridgehead atoms. The van der Waals surface area contributed by atoms with Gasteiger partial charge in [0.2, 0.25) is 0 Å². The van der Waals surface area contributed by atoms with Gasteiger partial charge in [-0.05, 0) is 48.4 Å². The van der Waals surface area contributed by atoms with E-state index >= 15 is 0 Å². The fourth-order valence-corrected chi connectivity index (χ4v) is 3.02. The first-order valence-corrected chi connectivity index (χ1v) is 7.43. The number of carbonyl (C=O) groups excluding carboxylic acids is 1. The van der Waals surface area contributed by atoms with E-state index in [1.165, 1.54) is 17.2 Å². The van der Waals surface area contributed by atoms with Crippen molar-refractivity contribution in [3.05, 3.63) is 59.0 Å². The minimum Gasteiger partial charge on any atom is -0.366 e. The maximum absolute atomic E-state index is 13.6. The number of primary amides is 1. The van der Waals surface area contributed by atoms with E-state index in [9.17, 15) is 9.18 Å². The van der Waals surface area contributed by atoms with Gasteiger partial charge in [0.15, 0.2) is 0 Å². The summed E-state index contributed by atoms with van der Waals surface area (Å²) in [6.45, 7) is 1.82. The summed E-state index contributed by atoms with van der Waals surface area (Å²) in [5, 5.41) is 8.31. The van der Waals surface area contributed by atoms with E-state index in [2.05, 4.69) is 22.5 Å². The van der Waals surface area contributed by atoms with Crippen molar-refractivity contribution in [2.75, 3.05) is 6.54 Å². The first kappa shape index (κ1) is 16.4. The second kappa shape index (κ2) is 6.22. The Morgan fingerprint density at radius 3 is 2.88 bits per heavy atom. The van der Waals surface area contributed by atoms with Crippen LogP contribution in [-0.2, 0) is 13.0 Å². The van der Waals surface area contributed by atoms with Gasteiger partial charge in [-0.25, -0.2) is 9.07 Å². The van der Waals surface area contributed by atoms with Crippen LogP contribution in [0, 0.1) is 5.82 Å². The Kier molecular flexibility index (Phi) is 4.26. The van der Waals surface area contributed by atoms with Crippen LogP contribution in [0.2, 0.25) is 0 Å². The third-order valence-electron chi connectivity index (χ3n) is 4.18. The molecule has 0 spiro atoms. The summed E-state index contributed by atoms with van der Waals surface area (Å²) in [7, 11) is 0. The quantitative estimate of drug-likeness (QED) is 0.748. The number of halogens is 2. The number of fused-ring (bicyclic) bond motifs is 2. The molecule has 24 heavy (non-hydrogen) atoms. The predicted octanol–water partition coefficient (Wildman–Crippen LogP) is 2.33. The number of hydrogen-bond acceptors (Lipinski definition) is 3. The Hall–Kier alpha value is -2.44. The molecule has 124 valence electrons. The van der Waals surface area contributed by atoms with Crippen LogP contribution in [0.15, 0.2) is 36.5 Å². The lowest BCUT2D eigenvalue weighted by molar-refractivity contribution is 0.100. The molecule has 4 rings (SSSR count). The van der Waals surface area contributed by atoms with Gasteiger partial charge in [-0.1, -0.05) is 6.07 Å². The molecule has 1 aromatic heterocycles.